The molecule has 1 saturated heterocycles. The normalized spacial score (nSPS) is 17.2. The van der Waals surface area contributed by atoms with Gasteiger partial charge in [0, 0.05) is 33.5 Å². The summed E-state index contributed by atoms with van der Waals surface area (Å²) in [5, 5.41) is 2.95. The van der Waals surface area contributed by atoms with Gasteiger partial charge >= 0.3 is 0 Å². The van der Waals surface area contributed by atoms with E-state index in [1.54, 1.807) is 13.2 Å². The molecule has 0 aromatic rings. The molecule has 1 N–H and O–H groups in total. The summed E-state index contributed by atoms with van der Waals surface area (Å²) in [5.41, 5.74) is 0. The van der Waals surface area contributed by atoms with Crippen LogP contribution in [0.4, 0.5) is 0 Å². The lowest BCUT2D eigenvalue weighted by Gasteiger charge is -2.21. The average Bonchev–Trinajstić information content (AvgIpc) is 2.41. The Labute approximate surface area is 110 Å². The number of ether oxygens (including phenoxy) is 2. The number of allylic oxidation sites excluding steroid dienone is 1. The molecule has 0 unspecified atom stereocenters. The van der Waals surface area contributed by atoms with E-state index in [1.165, 1.54) is 0 Å². The van der Waals surface area contributed by atoms with Crippen molar-refractivity contribution in [3.05, 3.63) is 12.2 Å². The Bertz CT molecular complexity index is 247. The van der Waals surface area contributed by atoms with Crippen molar-refractivity contribution in [2.24, 2.45) is 5.92 Å². The van der Waals surface area contributed by atoms with Crippen LogP contribution >= 0.6 is 0 Å². The first kappa shape index (κ1) is 15.2. The minimum absolute atomic E-state index is 0.0215. The number of nitrogens with one attached hydrogen (secondary N) is 1. The summed E-state index contributed by atoms with van der Waals surface area (Å²) in [5.74, 6) is 0.603. The summed E-state index contributed by atoms with van der Waals surface area (Å²) in [7, 11) is 1.71. The highest BCUT2D eigenvalue weighted by Crippen LogP contribution is 2.12. The molecule has 0 atom stereocenters. The van der Waals surface area contributed by atoms with Crippen molar-refractivity contribution in [3.8, 4) is 0 Å². The van der Waals surface area contributed by atoms with Gasteiger partial charge in [-0.05, 0) is 44.1 Å². The van der Waals surface area contributed by atoms with Crippen molar-refractivity contribution in [1.29, 1.82) is 0 Å². The zero-order chi connectivity index (χ0) is 13.1. The van der Waals surface area contributed by atoms with Gasteiger partial charge in [0.25, 0.3) is 0 Å². The molecule has 1 amide bonds. The van der Waals surface area contributed by atoms with E-state index >= 15 is 0 Å². The number of rotatable bonds is 8. The van der Waals surface area contributed by atoms with Crippen LogP contribution in [0.3, 0.4) is 0 Å². The Hall–Kier alpha value is -0.870. The highest BCUT2D eigenvalue weighted by molar-refractivity contribution is 5.87. The molecule has 0 saturated carbocycles. The van der Waals surface area contributed by atoms with Gasteiger partial charge in [0.05, 0.1) is 0 Å². The van der Waals surface area contributed by atoms with Crippen LogP contribution in [0.25, 0.3) is 0 Å². The smallest absolute Gasteiger partial charge is 0.243 e. The first-order valence-corrected chi connectivity index (χ1v) is 6.84. The van der Waals surface area contributed by atoms with Crippen LogP contribution in [0.2, 0.25) is 0 Å². The molecule has 4 nitrogen and oxygen atoms in total. The Morgan fingerprint density at radius 1 is 1.39 bits per heavy atom. The molecule has 0 aromatic carbocycles. The molecule has 0 aliphatic carbocycles. The minimum atomic E-state index is 0.0215. The Balaban J connectivity index is 2.00. The van der Waals surface area contributed by atoms with Gasteiger partial charge in [-0.15, -0.1) is 0 Å². The van der Waals surface area contributed by atoms with Gasteiger partial charge < -0.3 is 14.8 Å². The lowest BCUT2D eigenvalue weighted by Crippen LogP contribution is -2.31. The zero-order valence-electron chi connectivity index (χ0n) is 11.3. The second-order valence-electron chi connectivity index (χ2n) is 4.69. The van der Waals surface area contributed by atoms with E-state index in [4.69, 9.17) is 9.47 Å². The van der Waals surface area contributed by atoms with Crippen LogP contribution in [-0.4, -0.2) is 39.4 Å². The molecule has 4 heteroatoms. The Morgan fingerprint density at radius 2 is 2.17 bits per heavy atom. The van der Waals surface area contributed by atoms with Crippen LogP contribution in [-0.2, 0) is 14.3 Å². The number of amides is 1. The van der Waals surface area contributed by atoms with Crippen molar-refractivity contribution in [2.45, 2.75) is 32.1 Å². The number of hydrogen-bond donors (Lipinski definition) is 1. The van der Waals surface area contributed by atoms with Gasteiger partial charge in [-0.2, -0.15) is 0 Å². The summed E-state index contributed by atoms with van der Waals surface area (Å²) >= 11 is 0. The summed E-state index contributed by atoms with van der Waals surface area (Å²) in [6.07, 6.45) is 8.75. The number of carbonyl (C=O) groups is 1. The SMILES string of the molecule is COCCCCC=CC(=O)NCC1CCOCC1. The fraction of sp³-hybridized carbons (Fsp3) is 0.786. The maximum absolute atomic E-state index is 11.5. The highest BCUT2D eigenvalue weighted by Gasteiger charge is 2.13. The fourth-order valence-electron chi connectivity index (χ4n) is 1.95. The molecule has 1 aliphatic rings. The number of carbonyl (C=O) groups excluding carboxylic acids is 1. The third-order valence-electron chi connectivity index (χ3n) is 3.14. The van der Waals surface area contributed by atoms with Crippen molar-refractivity contribution >= 4 is 5.91 Å². The van der Waals surface area contributed by atoms with Gasteiger partial charge in [-0.25, -0.2) is 0 Å². The number of unbranched alkanes of at least 4 members (excludes halogenated alkanes) is 2. The maximum atomic E-state index is 11.5. The van der Waals surface area contributed by atoms with Gasteiger partial charge in [0.2, 0.25) is 5.91 Å². The van der Waals surface area contributed by atoms with Crippen LogP contribution in [0.1, 0.15) is 32.1 Å². The van der Waals surface area contributed by atoms with Crippen LogP contribution in [0.5, 0.6) is 0 Å². The van der Waals surface area contributed by atoms with Crippen molar-refractivity contribution in [3.63, 3.8) is 0 Å². The molecule has 1 fully saturated rings. The molecule has 1 heterocycles. The average molecular weight is 255 g/mol. The molecular formula is C14H25NO3. The largest absolute Gasteiger partial charge is 0.385 e. The van der Waals surface area contributed by atoms with Crippen molar-refractivity contribution in [1.82, 2.24) is 5.32 Å². The predicted octanol–water partition coefficient (Wildman–Crippen LogP) is 1.90. The second-order valence-corrected chi connectivity index (χ2v) is 4.69. The minimum Gasteiger partial charge on any atom is -0.385 e. The molecule has 0 aromatic heterocycles. The molecule has 104 valence electrons. The Morgan fingerprint density at radius 3 is 2.89 bits per heavy atom. The Kier molecular flexibility index (Phi) is 8.51. The molecule has 1 rings (SSSR count). The number of hydrogen-bond acceptors (Lipinski definition) is 3. The lowest BCUT2D eigenvalue weighted by molar-refractivity contribution is -0.116. The standard InChI is InChI=1S/C14H25NO3/c1-17-9-5-3-2-4-6-14(16)15-12-13-7-10-18-11-8-13/h4,6,13H,2-3,5,7-12H2,1H3,(H,15,16). The first-order valence-electron chi connectivity index (χ1n) is 6.84. The van der Waals surface area contributed by atoms with E-state index in [1.807, 2.05) is 6.08 Å². The van der Waals surface area contributed by atoms with E-state index in [0.717, 1.165) is 58.5 Å². The first-order chi connectivity index (χ1) is 8.83. The van der Waals surface area contributed by atoms with Crippen LogP contribution in [0.15, 0.2) is 12.2 Å². The van der Waals surface area contributed by atoms with E-state index in [-0.39, 0.29) is 5.91 Å². The van der Waals surface area contributed by atoms with Gasteiger partial charge in [0.1, 0.15) is 0 Å². The molecule has 0 spiro atoms. The second kappa shape index (κ2) is 10.1. The molecule has 0 radical (unpaired) electrons. The molecule has 18 heavy (non-hydrogen) atoms. The van der Waals surface area contributed by atoms with Gasteiger partial charge in [-0.3, -0.25) is 4.79 Å². The maximum Gasteiger partial charge on any atom is 0.243 e. The fourth-order valence-corrected chi connectivity index (χ4v) is 1.95. The molecule has 0 bridgehead atoms. The van der Waals surface area contributed by atoms with Crippen molar-refractivity contribution < 1.29 is 14.3 Å². The topological polar surface area (TPSA) is 47.6 Å². The van der Waals surface area contributed by atoms with Crippen LogP contribution < -0.4 is 5.32 Å². The van der Waals surface area contributed by atoms with E-state index in [9.17, 15) is 4.79 Å². The monoisotopic (exact) mass is 255 g/mol. The van der Waals surface area contributed by atoms with Gasteiger partial charge in [-0.1, -0.05) is 6.08 Å². The van der Waals surface area contributed by atoms with Crippen LogP contribution in [0, 0.1) is 5.92 Å². The summed E-state index contributed by atoms with van der Waals surface area (Å²) in [4.78, 5) is 11.5. The van der Waals surface area contributed by atoms with E-state index in [0.29, 0.717) is 5.92 Å². The number of methoxy groups -OCH3 is 1. The quantitative estimate of drug-likeness (QED) is 0.532. The summed E-state index contributed by atoms with van der Waals surface area (Å²) in [6, 6.07) is 0. The third kappa shape index (κ3) is 7.45. The lowest BCUT2D eigenvalue weighted by atomic mass is 10.0. The molecule has 1 aliphatic heterocycles. The van der Waals surface area contributed by atoms with Crippen molar-refractivity contribution in [2.75, 3.05) is 33.5 Å². The predicted molar refractivity (Wildman–Crippen MR) is 71.4 cm³/mol. The van der Waals surface area contributed by atoms with E-state index in [2.05, 4.69) is 5.32 Å². The van der Waals surface area contributed by atoms with Gasteiger partial charge in [0.15, 0.2) is 0 Å². The third-order valence-corrected chi connectivity index (χ3v) is 3.14. The summed E-state index contributed by atoms with van der Waals surface area (Å²) in [6.45, 7) is 3.23. The molecular weight excluding hydrogens is 230 g/mol. The van der Waals surface area contributed by atoms with E-state index < -0.39 is 0 Å². The highest BCUT2D eigenvalue weighted by atomic mass is 16.5. The zero-order valence-corrected chi connectivity index (χ0v) is 11.3. The summed E-state index contributed by atoms with van der Waals surface area (Å²) < 4.78 is 10.2.